The maximum absolute atomic E-state index is 12.6. The van der Waals surface area contributed by atoms with Gasteiger partial charge >= 0.3 is 12.0 Å². The number of aryl methyl sites for hydroxylation is 2. The summed E-state index contributed by atoms with van der Waals surface area (Å²) in [6, 6.07) is 19.1. The molecule has 0 aliphatic rings. The van der Waals surface area contributed by atoms with Gasteiger partial charge in [0.2, 0.25) is 0 Å². The van der Waals surface area contributed by atoms with Gasteiger partial charge in [-0.15, -0.1) is 0 Å². The van der Waals surface area contributed by atoms with Crippen LogP contribution in [0.5, 0.6) is 0 Å². The van der Waals surface area contributed by atoms with E-state index in [0.29, 0.717) is 13.2 Å². The van der Waals surface area contributed by atoms with E-state index < -0.39 is 6.04 Å². The van der Waals surface area contributed by atoms with Gasteiger partial charge in [-0.25, -0.2) is 4.79 Å². The van der Waals surface area contributed by atoms with E-state index in [-0.39, 0.29) is 18.4 Å². The van der Waals surface area contributed by atoms with Crippen LogP contribution in [0.2, 0.25) is 0 Å². The van der Waals surface area contributed by atoms with Crippen molar-refractivity contribution >= 4 is 12.0 Å². The van der Waals surface area contributed by atoms with E-state index >= 15 is 0 Å². The number of ether oxygens (including phenoxy) is 1. The number of esters is 1. The molecule has 6 heteroatoms. The molecule has 1 heterocycles. The maximum atomic E-state index is 12.6. The summed E-state index contributed by atoms with van der Waals surface area (Å²) in [5, 5.41) is 5.83. The van der Waals surface area contributed by atoms with E-state index in [1.807, 2.05) is 48.7 Å². The van der Waals surface area contributed by atoms with E-state index in [0.717, 1.165) is 17.8 Å². The minimum atomic E-state index is -0.461. The number of aromatic nitrogens is 1. The number of rotatable bonds is 9. The van der Waals surface area contributed by atoms with Crippen LogP contribution in [0.4, 0.5) is 4.79 Å². The molecule has 2 N–H and O–H groups in total. The van der Waals surface area contributed by atoms with Gasteiger partial charge in [-0.05, 0) is 49.6 Å². The van der Waals surface area contributed by atoms with Crippen LogP contribution >= 0.6 is 0 Å². The van der Waals surface area contributed by atoms with E-state index in [2.05, 4.69) is 47.2 Å². The summed E-state index contributed by atoms with van der Waals surface area (Å²) in [6.45, 7) is 7.40. The van der Waals surface area contributed by atoms with Crippen molar-refractivity contribution in [2.75, 3.05) is 6.61 Å². The van der Waals surface area contributed by atoms with Gasteiger partial charge in [0.05, 0.1) is 25.6 Å². The minimum Gasteiger partial charge on any atom is -0.466 e. The zero-order valence-corrected chi connectivity index (χ0v) is 18.9. The fraction of sp³-hybridized carbons (Fsp3) is 0.308. The number of hydrogen-bond acceptors (Lipinski definition) is 3. The molecule has 1 aromatic heterocycles. The Hall–Kier alpha value is -3.54. The first kappa shape index (κ1) is 23.1. The van der Waals surface area contributed by atoms with Crippen LogP contribution in [0.15, 0.2) is 66.9 Å². The highest BCUT2D eigenvalue weighted by Gasteiger charge is 2.19. The number of urea groups is 1. The summed E-state index contributed by atoms with van der Waals surface area (Å²) in [7, 11) is 0. The van der Waals surface area contributed by atoms with Crippen LogP contribution in [0.3, 0.4) is 0 Å². The average molecular weight is 434 g/mol. The molecule has 0 aliphatic heterocycles. The normalized spacial score (nSPS) is 11.6. The topological polar surface area (TPSA) is 72.4 Å². The van der Waals surface area contributed by atoms with Gasteiger partial charge in [-0.3, -0.25) is 4.79 Å². The Labute approximate surface area is 189 Å². The average Bonchev–Trinajstić information content (AvgIpc) is 3.22. The lowest BCUT2D eigenvalue weighted by molar-refractivity contribution is -0.143. The Morgan fingerprint density at radius 1 is 1.03 bits per heavy atom. The van der Waals surface area contributed by atoms with Crippen LogP contribution in [-0.4, -0.2) is 23.2 Å². The zero-order chi connectivity index (χ0) is 22.9. The largest absolute Gasteiger partial charge is 0.466 e. The quantitative estimate of drug-likeness (QED) is 0.483. The smallest absolute Gasteiger partial charge is 0.315 e. The standard InChI is InChI=1S/C26H31N3O3/c1-4-32-25(30)16-24(21-9-6-5-7-10-21)28-26(31)27-17-23-11-8-14-29(23)18-22-15-19(2)12-13-20(22)3/h5-15,24H,4,16-18H2,1-3H3,(H2,27,28,31)/t24-/m1/s1. The third-order valence-corrected chi connectivity index (χ3v) is 5.38. The van der Waals surface area contributed by atoms with Gasteiger partial charge in [0.15, 0.2) is 0 Å². The molecule has 0 spiro atoms. The fourth-order valence-corrected chi connectivity index (χ4v) is 3.62. The Kier molecular flexibility index (Phi) is 8.08. The Morgan fingerprint density at radius 2 is 1.81 bits per heavy atom. The lowest BCUT2D eigenvalue weighted by atomic mass is 10.0. The summed E-state index contributed by atoms with van der Waals surface area (Å²) < 4.78 is 7.20. The molecule has 168 valence electrons. The van der Waals surface area contributed by atoms with Crippen molar-refractivity contribution in [2.24, 2.45) is 0 Å². The van der Waals surface area contributed by atoms with Gasteiger partial charge < -0.3 is 19.9 Å². The first-order valence-corrected chi connectivity index (χ1v) is 10.9. The summed E-state index contributed by atoms with van der Waals surface area (Å²) in [6.07, 6.45) is 2.10. The molecule has 0 saturated carbocycles. The molecule has 0 fully saturated rings. The molecule has 6 nitrogen and oxygen atoms in total. The van der Waals surface area contributed by atoms with Gasteiger partial charge in [-0.2, -0.15) is 0 Å². The van der Waals surface area contributed by atoms with Crippen LogP contribution in [0.1, 0.15) is 47.3 Å². The number of nitrogens with zero attached hydrogens (tertiary/aromatic N) is 1. The predicted molar refractivity (Wildman–Crippen MR) is 125 cm³/mol. The van der Waals surface area contributed by atoms with Crippen LogP contribution in [0, 0.1) is 13.8 Å². The lowest BCUT2D eigenvalue weighted by Gasteiger charge is -2.19. The molecular formula is C26H31N3O3. The zero-order valence-electron chi connectivity index (χ0n) is 18.9. The molecule has 0 saturated heterocycles. The molecule has 0 radical (unpaired) electrons. The number of hydrogen-bond donors (Lipinski definition) is 2. The molecule has 32 heavy (non-hydrogen) atoms. The minimum absolute atomic E-state index is 0.0777. The van der Waals surface area contributed by atoms with Gasteiger partial charge in [-0.1, -0.05) is 54.1 Å². The van der Waals surface area contributed by atoms with Crippen molar-refractivity contribution in [2.45, 2.75) is 46.3 Å². The van der Waals surface area contributed by atoms with E-state index in [1.54, 1.807) is 6.92 Å². The van der Waals surface area contributed by atoms with Crippen molar-refractivity contribution in [3.63, 3.8) is 0 Å². The highest BCUT2D eigenvalue weighted by molar-refractivity contribution is 5.76. The molecule has 1 atom stereocenters. The van der Waals surface area contributed by atoms with Crippen LogP contribution in [-0.2, 0) is 22.6 Å². The van der Waals surface area contributed by atoms with Crippen LogP contribution < -0.4 is 10.6 Å². The molecule has 2 aromatic carbocycles. The highest BCUT2D eigenvalue weighted by Crippen LogP contribution is 2.18. The van der Waals surface area contributed by atoms with Crippen molar-refractivity contribution in [3.05, 3.63) is 94.8 Å². The fourth-order valence-electron chi connectivity index (χ4n) is 3.62. The van der Waals surface area contributed by atoms with Crippen LogP contribution in [0.25, 0.3) is 0 Å². The third kappa shape index (κ3) is 6.48. The van der Waals surface area contributed by atoms with Gasteiger partial charge in [0.25, 0.3) is 0 Å². The molecule has 0 bridgehead atoms. The first-order valence-electron chi connectivity index (χ1n) is 10.9. The van der Waals surface area contributed by atoms with E-state index in [4.69, 9.17) is 4.74 Å². The van der Waals surface area contributed by atoms with Gasteiger partial charge in [0, 0.05) is 18.4 Å². The molecule has 0 aliphatic carbocycles. The Bertz CT molecular complexity index is 1040. The van der Waals surface area contributed by atoms with Crippen molar-refractivity contribution in [1.82, 2.24) is 15.2 Å². The molecule has 0 unspecified atom stereocenters. The second kappa shape index (κ2) is 11.2. The van der Waals surface area contributed by atoms with Crippen molar-refractivity contribution < 1.29 is 14.3 Å². The van der Waals surface area contributed by atoms with E-state index in [9.17, 15) is 9.59 Å². The second-order valence-electron chi connectivity index (χ2n) is 7.86. The summed E-state index contributed by atoms with van der Waals surface area (Å²) >= 11 is 0. The number of carbonyl (C=O) groups is 2. The summed E-state index contributed by atoms with van der Waals surface area (Å²) in [4.78, 5) is 24.7. The SMILES string of the molecule is CCOC(=O)C[C@@H](NC(=O)NCc1cccn1Cc1cc(C)ccc1C)c1ccccc1. The summed E-state index contributed by atoms with van der Waals surface area (Å²) in [5.74, 6) is -0.343. The lowest BCUT2D eigenvalue weighted by Crippen LogP contribution is -2.38. The summed E-state index contributed by atoms with van der Waals surface area (Å²) in [5.41, 5.74) is 5.58. The molecule has 3 aromatic rings. The van der Waals surface area contributed by atoms with Gasteiger partial charge in [0.1, 0.15) is 0 Å². The Balaban J connectivity index is 1.63. The maximum Gasteiger partial charge on any atom is 0.315 e. The highest BCUT2D eigenvalue weighted by atomic mass is 16.5. The van der Waals surface area contributed by atoms with Crippen molar-refractivity contribution in [3.8, 4) is 0 Å². The second-order valence-corrected chi connectivity index (χ2v) is 7.86. The molecular weight excluding hydrogens is 402 g/mol. The predicted octanol–water partition coefficient (Wildman–Crippen LogP) is 4.65. The number of nitrogens with one attached hydrogen (secondary N) is 2. The van der Waals surface area contributed by atoms with Crippen molar-refractivity contribution in [1.29, 1.82) is 0 Å². The number of benzene rings is 2. The first-order chi connectivity index (χ1) is 15.5. The Morgan fingerprint density at radius 3 is 2.56 bits per heavy atom. The number of carbonyl (C=O) groups excluding carboxylic acids is 2. The third-order valence-electron chi connectivity index (χ3n) is 5.38. The molecule has 2 amide bonds. The number of amides is 2. The monoisotopic (exact) mass is 433 g/mol. The van der Waals surface area contributed by atoms with E-state index in [1.165, 1.54) is 16.7 Å². The molecule has 3 rings (SSSR count).